The molecule has 0 aliphatic rings. The summed E-state index contributed by atoms with van der Waals surface area (Å²) >= 11 is 0. The molecule has 0 rings (SSSR count). The van der Waals surface area contributed by atoms with Crippen LogP contribution in [0.15, 0.2) is 12.3 Å². The van der Waals surface area contributed by atoms with E-state index in [0.29, 0.717) is 6.92 Å². The van der Waals surface area contributed by atoms with Gasteiger partial charge in [0.05, 0.1) is 5.76 Å². The number of unbranched alkanes of at least 4 members (excludes halogenated alkanes) is 2. The van der Waals surface area contributed by atoms with E-state index in [-0.39, 0.29) is 5.41 Å². The number of hydrogen-bond acceptors (Lipinski definition) is 1. The molecule has 0 atom stereocenters. The molecule has 0 aromatic heterocycles. The first-order valence-corrected chi connectivity index (χ1v) is 6.77. The van der Waals surface area contributed by atoms with E-state index in [1.54, 1.807) is 0 Å². The molecule has 0 saturated heterocycles. The Labute approximate surface area is 103 Å². The Morgan fingerprint density at radius 3 is 1.81 bits per heavy atom. The van der Waals surface area contributed by atoms with Gasteiger partial charge in [0.25, 0.3) is 0 Å². The smallest absolute Gasteiger partial charge is 0.357 e. The minimum Gasteiger partial charge on any atom is -0.564 e. The monoisotopic (exact) mass is 224 g/mol. The van der Waals surface area contributed by atoms with Crippen LogP contribution < -0.4 is 0 Å². The minimum absolute atomic E-state index is 0.0662. The molecule has 0 unspecified atom stereocenters. The van der Waals surface area contributed by atoms with Gasteiger partial charge in [0.15, 0.2) is 0 Å². The molecule has 94 valence electrons. The van der Waals surface area contributed by atoms with Crippen molar-refractivity contribution in [2.75, 3.05) is 0 Å². The van der Waals surface area contributed by atoms with Crippen LogP contribution in [-0.4, -0.2) is 6.92 Å². The summed E-state index contributed by atoms with van der Waals surface area (Å²) in [6, 6.07) is 0. The van der Waals surface area contributed by atoms with Gasteiger partial charge in [-0.3, -0.25) is 0 Å². The van der Waals surface area contributed by atoms with Crippen molar-refractivity contribution in [2.24, 2.45) is 5.41 Å². The van der Waals surface area contributed by atoms with Gasteiger partial charge in [-0.2, -0.15) is 0 Å². The van der Waals surface area contributed by atoms with Gasteiger partial charge < -0.3 is 4.65 Å². The summed E-state index contributed by atoms with van der Waals surface area (Å²) in [5, 5.41) is 0. The molecule has 0 aromatic carbocycles. The van der Waals surface area contributed by atoms with Gasteiger partial charge in [-0.15, -0.1) is 0 Å². The van der Waals surface area contributed by atoms with Gasteiger partial charge >= 0.3 is 6.92 Å². The summed E-state index contributed by atoms with van der Waals surface area (Å²) in [4.78, 5) is 0. The van der Waals surface area contributed by atoms with Gasteiger partial charge in [0.2, 0.25) is 0 Å². The Bertz CT molecular complexity index is 185. The highest BCUT2D eigenvalue weighted by Crippen LogP contribution is 2.27. The predicted octanol–water partition coefficient (Wildman–Crippen LogP) is 5.15. The van der Waals surface area contributed by atoms with E-state index in [0.717, 1.165) is 5.76 Å². The molecule has 2 heteroatoms. The molecule has 1 nitrogen and oxygen atoms in total. The molecule has 0 N–H and O–H groups in total. The second kappa shape index (κ2) is 7.81. The van der Waals surface area contributed by atoms with Crippen LogP contribution in [0.2, 0.25) is 12.6 Å². The zero-order valence-corrected chi connectivity index (χ0v) is 11.9. The Morgan fingerprint density at radius 2 is 1.50 bits per heavy atom. The largest absolute Gasteiger partial charge is 0.564 e. The van der Waals surface area contributed by atoms with Crippen molar-refractivity contribution in [2.45, 2.75) is 72.9 Å². The van der Waals surface area contributed by atoms with Crippen molar-refractivity contribution >= 4 is 6.92 Å². The third kappa shape index (κ3) is 6.97. The average molecular weight is 224 g/mol. The van der Waals surface area contributed by atoms with Crippen LogP contribution in [0.1, 0.15) is 60.3 Å². The first-order valence-electron chi connectivity index (χ1n) is 6.77. The number of hydrogen-bond donors (Lipinski definition) is 0. The van der Waals surface area contributed by atoms with Crippen LogP contribution in [0, 0.1) is 5.41 Å². The fourth-order valence-electron chi connectivity index (χ4n) is 1.50. The Balaban J connectivity index is 4.13. The standard InChI is InChI=1S/C14H29BO/c1-7-9-11-15(12-10-8-2)16-13(3)14(4,5)6/h3,7-12H2,1-2,4-6H3. The summed E-state index contributed by atoms with van der Waals surface area (Å²) in [5.74, 6) is 0.935. The SMILES string of the molecule is C=C(OB(CCCC)CCCC)C(C)(C)C. The molecule has 16 heavy (non-hydrogen) atoms. The van der Waals surface area contributed by atoms with E-state index in [2.05, 4.69) is 41.2 Å². The third-order valence-corrected chi connectivity index (χ3v) is 2.90. The van der Waals surface area contributed by atoms with Crippen LogP contribution >= 0.6 is 0 Å². The lowest BCUT2D eigenvalue weighted by Crippen LogP contribution is -2.22. The van der Waals surface area contributed by atoms with Gasteiger partial charge in [0.1, 0.15) is 0 Å². The van der Waals surface area contributed by atoms with Crippen molar-refractivity contribution in [1.82, 2.24) is 0 Å². The molecule has 0 amide bonds. The zero-order chi connectivity index (χ0) is 12.6. The molecule has 0 aromatic rings. The number of rotatable bonds is 8. The van der Waals surface area contributed by atoms with Crippen molar-refractivity contribution in [3.05, 3.63) is 12.3 Å². The molecular formula is C14H29BO. The maximum atomic E-state index is 6.02. The highest BCUT2D eigenvalue weighted by molar-refractivity contribution is 6.52. The normalized spacial score (nSPS) is 11.3. The molecule has 0 spiro atoms. The topological polar surface area (TPSA) is 9.23 Å². The highest BCUT2D eigenvalue weighted by atomic mass is 16.4. The fraction of sp³-hybridized carbons (Fsp3) is 0.857. The van der Waals surface area contributed by atoms with Crippen LogP contribution in [0.4, 0.5) is 0 Å². The quantitative estimate of drug-likeness (QED) is 0.409. The lowest BCUT2D eigenvalue weighted by Gasteiger charge is -2.26. The molecule has 0 bridgehead atoms. The predicted molar refractivity (Wildman–Crippen MR) is 74.9 cm³/mol. The van der Waals surface area contributed by atoms with E-state index >= 15 is 0 Å². The van der Waals surface area contributed by atoms with Crippen molar-refractivity contribution in [3.63, 3.8) is 0 Å². The summed E-state index contributed by atoms with van der Waals surface area (Å²) in [6.45, 7) is 15.4. The van der Waals surface area contributed by atoms with Crippen molar-refractivity contribution < 1.29 is 4.65 Å². The van der Waals surface area contributed by atoms with Gasteiger partial charge in [0, 0.05) is 5.41 Å². The van der Waals surface area contributed by atoms with E-state index in [1.807, 2.05) is 0 Å². The lowest BCUT2D eigenvalue weighted by molar-refractivity contribution is 0.295. The maximum Gasteiger partial charge on any atom is 0.357 e. The fourth-order valence-corrected chi connectivity index (χ4v) is 1.50. The Kier molecular flexibility index (Phi) is 7.62. The molecule has 0 heterocycles. The van der Waals surface area contributed by atoms with Gasteiger partial charge in [-0.1, -0.05) is 66.9 Å². The Hall–Kier alpha value is -0.395. The van der Waals surface area contributed by atoms with Crippen LogP contribution in [0.5, 0.6) is 0 Å². The van der Waals surface area contributed by atoms with E-state index < -0.39 is 0 Å². The molecule has 0 aliphatic carbocycles. The third-order valence-electron chi connectivity index (χ3n) is 2.90. The summed E-state index contributed by atoms with van der Waals surface area (Å²) in [7, 11) is 0. The number of allylic oxidation sites excluding steroid dienone is 1. The molecular weight excluding hydrogens is 195 g/mol. The average Bonchev–Trinajstić information content (AvgIpc) is 2.20. The van der Waals surface area contributed by atoms with E-state index in [9.17, 15) is 0 Å². The first-order chi connectivity index (χ1) is 7.41. The van der Waals surface area contributed by atoms with Gasteiger partial charge in [-0.05, 0) is 12.6 Å². The van der Waals surface area contributed by atoms with Gasteiger partial charge in [-0.25, -0.2) is 0 Å². The lowest BCUT2D eigenvalue weighted by atomic mass is 9.59. The maximum absolute atomic E-state index is 6.02. The Morgan fingerprint density at radius 1 is 1.06 bits per heavy atom. The summed E-state index contributed by atoms with van der Waals surface area (Å²) < 4.78 is 6.02. The highest BCUT2D eigenvalue weighted by Gasteiger charge is 2.22. The van der Waals surface area contributed by atoms with Crippen LogP contribution in [0.25, 0.3) is 0 Å². The summed E-state index contributed by atoms with van der Waals surface area (Å²) in [5.41, 5.74) is 0.0662. The minimum atomic E-state index is 0.0662. The van der Waals surface area contributed by atoms with E-state index in [4.69, 9.17) is 4.65 Å². The van der Waals surface area contributed by atoms with Crippen molar-refractivity contribution in [1.29, 1.82) is 0 Å². The van der Waals surface area contributed by atoms with E-state index in [1.165, 1.54) is 38.3 Å². The van der Waals surface area contributed by atoms with Crippen LogP contribution in [-0.2, 0) is 4.65 Å². The summed E-state index contributed by atoms with van der Waals surface area (Å²) in [6.07, 6.45) is 7.34. The second-order valence-electron chi connectivity index (χ2n) is 5.70. The molecule has 0 fully saturated rings. The molecule has 0 saturated carbocycles. The second-order valence-corrected chi connectivity index (χ2v) is 5.70. The molecule has 0 radical (unpaired) electrons. The molecule has 0 aliphatic heterocycles. The van der Waals surface area contributed by atoms with Crippen molar-refractivity contribution in [3.8, 4) is 0 Å². The van der Waals surface area contributed by atoms with Crippen LogP contribution in [0.3, 0.4) is 0 Å². The zero-order valence-electron chi connectivity index (χ0n) is 11.9. The first kappa shape index (κ1) is 15.6.